The minimum atomic E-state index is -0.410. The van der Waals surface area contributed by atoms with Gasteiger partial charge in [0.2, 0.25) is 0 Å². The highest BCUT2D eigenvalue weighted by Gasteiger charge is 2.06. The second-order valence-electron chi connectivity index (χ2n) is 3.96. The lowest BCUT2D eigenvalue weighted by atomic mass is 10.3. The largest absolute Gasteiger partial charge is 0.398 e. The number of anilines is 1. The van der Waals surface area contributed by atoms with E-state index in [2.05, 4.69) is 10.4 Å². The quantitative estimate of drug-likeness (QED) is 0.265. The Balaban J connectivity index is 2.07. The summed E-state index contributed by atoms with van der Waals surface area (Å²) in [6.45, 7) is 0. The monoisotopic (exact) mass is 308 g/mol. The number of pyridine rings is 1. The molecule has 5 nitrogen and oxygen atoms in total. The fourth-order valence-electron chi connectivity index (χ4n) is 1.52. The van der Waals surface area contributed by atoms with Crippen molar-refractivity contribution >= 4 is 35.0 Å². The summed E-state index contributed by atoms with van der Waals surface area (Å²) >= 11 is 7.52. The second kappa shape index (κ2) is 6.60. The van der Waals surface area contributed by atoms with Crippen molar-refractivity contribution in [3.63, 3.8) is 0 Å². The van der Waals surface area contributed by atoms with Crippen molar-refractivity contribution in [2.75, 3.05) is 5.73 Å². The number of benzene rings is 1. The van der Waals surface area contributed by atoms with Gasteiger partial charge in [-0.15, -0.1) is 11.8 Å². The topological polar surface area (TPSA) is 94.0 Å². The molecule has 7 heteroatoms. The van der Waals surface area contributed by atoms with E-state index in [0.29, 0.717) is 22.2 Å². The van der Waals surface area contributed by atoms with Gasteiger partial charge in [0.1, 0.15) is 5.69 Å². The van der Waals surface area contributed by atoms with E-state index in [9.17, 15) is 4.79 Å². The van der Waals surface area contributed by atoms with Crippen LogP contribution < -0.4 is 17.0 Å². The molecule has 0 saturated carbocycles. The van der Waals surface area contributed by atoms with Gasteiger partial charge in [-0.1, -0.05) is 17.7 Å². The fraction of sp³-hybridized carbons (Fsp3) is 0.0769. The third-order valence-electron chi connectivity index (χ3n) is 2.53. The van der Waals surface area contributed by atoms with Gasteiger partial charge in [0, 0.05) is 10.6 Å². The van der Waals surface area contributed by atoms with Crippen LogP contribution in [-0.2, 0) is 5.75 Å². The first-order chi connectivity index (χ1) is 9.60. The number of thioether (sulfide) groups is 1. The Kier molecular flexibility index (Phi) is 4.84. The van der Waals surface area contributed by atoms with Crippen LogP contribution in [0.4, 0.5) is 5.69 Å². The minimum absolute atomic E-state index is 0.293. The summed E-state index contributed by atoms with van der Waals surface area (Å²) in [7, 11) is 0. The van der Waals surface area contributed by atoms with E-state index in [0.717, 1.165) is 10.6 Å². The van der Waals surface area contributed by atoms with Gasteiger partial charge in [-0.05, 0) is 30.3 Å². The lowest BCUT2D eigenvalue weighted by molar-refractivity contribution is 0.0948. The first kappa shape index (κ1) is 14.6. The third kappa shape index (κ3) is 3.63. The summed E-state index contributed by atoms with van der Waals surface area (Å²) < 4.78 is 0. The molecule has 1 heterocycles. The molecule has 2 rings (SSSR count). The Morgan fingerprint density at radius 1 is 1.35 bits per heavy atom. The predicted molar refractivity (Wildman–Crippen MR) is 81.3 cm³/mol. The highest BCUT2D eigenvalue weighted by molar-refractivity contribution is 7.98. The van der Waals surface area contributed by atoms with Crippen molar-refractivity contribution in [3.8, 4) is 0 Å². The summed E-state index contributed by atoms with van der Waals surface area (Å²) in [6.07, 6.45) is 0. The predicted octanol–water partition coefficient (Wildman–Crippen LogP) is 2.21. The average molecular weight is 309 g/mol. The molecule has 0 spiro atoms. The lowest BCUT2D eigenvalue weighted by Gasteiger charge is -2.05. The molecule has 0 atom stereocenters. The van der Waals surface area contributed by atoms with Crippen LogP contribution in [0.25, 0.3) is 0 Å². The van der Waals surface area contributed by atoms with E-state index in [-0.39, 0.29) is 0 Å². The molecule has 0 saturated heterocycles. The number of rotatable bonds is 4. The number of hydrogen-bond acceptors (Lipinski definition) is 5. The maximum absolute atomic E-state index is 11.4. The Morgan fingerprint density at radius 3 is 2.85 bits per heavy atom. The Labute approximate surface area is 125 Å². The number of nitrogen functional groups attached to an aromatic ring is 2. The number of hydrazine groups is 1. The normalized spacial score (nSPS) is 10.3. The van der Waals surface area contributed by atoms with E-state index in [4.69, 9.17) is 23.2 Å². The van der Waals surface area contributed by atoms with Crippen LogP contribution in [0, 0.1) is 0 Å². The molecule has 104 valence electrons. The zero-order valence-electron chi connectivity index (χ0n) is 10.5. The molecule has 20 heavy (non-hydrogen) atoms. The van der Waals surface area contributed by atoms with E-state index in [1.54, 1.807) is 36.0 Å². The number of nitrogens with zero attached hydrogens (tertiary/aromatic N) is 1. The van der Waals surface area contributed by atoms with Crippen molar-refractivity contribution < 1.29 is 4.79 Å². The van der Waals surface area contributed by atoms with E-state index in [1.807, 2.05) is 12.1 Å². The molecule has 0 fully saturated rings. The van der Waals surface area contributed by atoms with Gasteiger partial charge >= 0.3 is 0 Å². The molecule has 1 aromatic carbocycles. The van der Waals surface area contributed by atoms with Gasteiger partial charge in [0.05, 0.1) is 16.4 Å². The Morgan fingerprint density at radius 2 is 2.15 bits per heavy atom. The molecule has 0 aliphatic carbocycles. The van der Waals surface area contributed by atoms with Crippen LogP contribution >= 0.6 is 23.4 Å². The summed E-state index contributed by atoms with van der Waals surface area (Å²) in [5.41, 5.74) is 9.34. The van der Waals surface area contributed by atoms with Crippen molar-refractivity contribution in [3.05, 3.63) is 52.8 Å². The van der Waals surface area contributed by atoms with Crippen LogP contribution in [0.15, 0.2) is 41.3 Å². The summed E-state index contributed by atoms with van der Waals surface area (Å²) in [5.74, 6) is 5.29. The number of halogens is 1. The molecular formula is C13H13ClN4OS. The van der Waals surface area contributed by atoms with Crippen molar-refractivity contribution in [2.24, 2.45) is 5.84 Å². The van der Waals surface area contributed by atoms with Gasteiger partial charge in [0.25, 0.3) is 5.91 Å². The molecule has 0 aliphatic rings. The molecular weight excluding hydrogens is 296 g/mol. The number of aromatic nitrogens is 1. The van der Waals surface area contributed by atoms with E-state index < -0.39 is 5.91 Å². The van der Waals surface area contributed by atoms with Crippen molar-refractivity contribution in [1.29, 1.82) is 0 Å². The smallest absolute Gasteiger partial charge is 0.283 e. The van der Waals surface area contributed by atoms with Crippen molar-refractivity contribution in [1.82, 2.24) is 10.4 Å². The standard InChI is InChI=1S/C13H13ClN4OS/c14-10-6-9(4-5-11(10)15)20-7-8-2-1-3-12(17-8)13(19)18-16/h1-6H,7,15-16H2,(H,18,19). The van der Waals surface area contributed by atoms with Crippen LogP contribution in [-0.4, -0.2) is 10.9 Å². The minimum Gasteiger partial charge on any atom is -0.398 e. The fourth-order valence-corrected chi connectivity index (χ4v) is 2.60. The Bertz CT molecular complexity index is 636. The molecule has 0 unspecified atom stereocenters. The average Bonchev–Trinajstić information content (AvgIpc) is 2.48. The highest BCUT2D eigenvalue weighted by Crippen LogP contribution is 2.28. The summed E-state index contributed by atoms with van der Waals surface area (Å²) in [6, 6.07) is 10.7. The number of hydrogen-bond donors (Lipinski definition) is 3. The first-order valence-electron chi connectivity index (χ1n) is 5.75. The van der Waals surface area contributed by atoms with Crippen LogP contribution in [0.1, 0.15) is 16.2 Å². The van der Waals surface area contributed by atoms with Gasteiger partial charge in [0.15, 0.2) is 0 Å². The molecule has 1 aromatic heterocycles. The van der Waals surface area contributed by atoms with Crippen LogP contribution in [0.5, 0.6) is 0 Å². The number of nitrogens with one attached hydrogen (secondary N) is 1. The lowest BCUT2D eigenvalue weighted by Crippen LogP contribution is -2.30. The van der Waals surface area contributed by atoms with Gasteiger partial charge in [-0.25, -0.2) is 10.8 Å². The maximum Gasteiger partial charge on any atom is 0.283 e. The van der Waals surface area contributed by atoms with Gasteiger partial charge in [-0.2, -0.15) is 0 Å². The van der Waals surface area contributed by atoms with Gasteiger partial charge in [-0.3, -0.25) is 10.2 Å². The number of carbonyl (C=O) groups excluding carboxylic acids is 1. The SMILES string of the molecule is NNC(=O)c1cccc(CSc2ccc(N)c(Cl)c2)n1. The molecule has 0 aliphatic heterocycles. The number of carbonyl (C=O) groups is 1. The van der Waals surface area contributed by atoms with E-state index >= 15 is 0 Å². The Hall–Kier alpha value is -1.76. The first-order valence-corrected chi connectivity index (χ1v) is 7.11. The third-order valence-corrected chi connectivity index (χ3v) is 3.88. The summed E-state index contributed by atoms with van der Waals surface area (Å²) in [5, 5.41) is 0.527. The van der Waals surface area contributed by atoms with Crippen LogP contribution in [0.3, 0.4) is 0 Å². The second-order valence-corrected chi connectivity index (χ2v) is 5.42. The maximum atomic E-state index is 11.4. The zero-order chi connectivity index (χ0) is 14.5. The molecule has 1 amide bonds. The summed E-state index contributed by atoms with van der Waals surface area (Å²) in [4.78, 5) is 16.6. The van der Waals surface area contributed by atoms with Crippen LogP contribution in [0.2, 0.25) is 5.02 Å². The van der Waals surface area contributed by atoms with Gasteiger partial charge < -0.3 is 5.73 Å². The molecule has 0 radical (unpaired) electrons. The molecule has 5 N–H and O–H groups in total. The van der Waals surface area contributed by atoms with Crippen molar-refractivity contribution in [2.45, 2.75) is 10.6 Å². The number of nitrogens with two attached hydrogens (primary N) is 2. The molecule has 2 aromatic rings. The van der Waals surface area contributed by atoms with E-state index in [1.165, 1.54) is 0 Å². The zero-order valence-corrected chi connectivity index (χ0v) is 12.0. The highest BCUT2D eigenvalue weighted by atomic mass is 35.5. The molecule has 0 bridgehead atoms. The number of amides is 1.